The van der Waals surface area contributed by atoms with Crippen molar-refractivity contribution in [2.45, 2.75) is 39.3 Å². The van der Waals surface area contributed by atoms with E-state index >= 15 is 0 Å². The van der Waals surface area contributed by atoms with Gasteiger partial charge in [0.1, 0.15) is 0 Å². The number of hydrogen-bond donors (Lipinski definition) is 1. The number of nitrogens with zero attached hydrogens (tertiary/aromatic N) is 1. The van der Waals surface area contributed by atoms with Gasteiger partial charge in [-0.05, 0) is 62.4 Å². The zero-order valence-electron chi connectivity index (χ0n) is 16.9. The average Bonchev–Trinajstić information content (AvgIpc) is 3.21. The number of ether oxygens (including phenoxy) is 1. The summed E-state index contributed by atoms with van der Waals surface area (Å²) in [4.78, 5) is 30.7. The lowest BCUT2D eigenvalue weighted by Gasteiger charge is -2.25. The van der Waals surface area contributed by atoms with Crippen molar-refractivity contribution in [3.63, 3.8) is 0 Å². The Morgan fingerprint density at radius 1 is 1.14 bits per heavy atom. The van der Waals surface area contributed by atoms with E-state index in [1.807, 2.05) is 62.4 Å². The highest BCUT2D eigenvalue weighted by molar-refractivity contribution is 5.94. The highest BCUT2D eigenvalue weighted by Crippen LogP contribution is 2.19. The van der Waals surface area contributed by atoms with Crippen molar-refractivity contribution in [3.8, 4) is 0 Å². The number of carbonyl (C=O) groups excluding carboxylic acids is 1. The minimum Gasteiger partial charge on any atom is -0.376 e. The topological polar surface area (TPSA) is 62.4 Å². The molecule has 1 aliphatic rings. The quantitative estimate of drug-likeness (QED) is 0.717. The summed E-state index contributed by atoms with van der Waals surface area (Å²) in [6.07, 6.45) is 1.96. The number of pyridine rings is 1. The molecule has 0 aliphatic carbocycles. The molecule has 0 saturated carbocycles. The third kappa shape index (κ3) is 4.40. The van der Waals surface area contributed by atoms with E-state index in [1.54, 1.807) is 4.90 Å². The van der Waals surface area contributed by atoms with Crippen LogP contribution in [0.5, 0.6) is 0 Å². The van der Waals surface area contributed by atoms with Gasteiger partial charge in [0.2, 0.25) is 0 Å². The van der Waals surface area contributed by atoms with E-state index < -0.39 is 0 Å². The highest BCUT2D eigenvalue weighted by Gasteiger charge is 2.24. The van der Waals surface area contributed by atoms with Crippen LogP contribution < -0.4 is 5.56 Å². The lowest BCUT2D eigenvalue weighted by molar-refractivity contribution is 0.0506. The predicted octanol–water partition coefficient (Wildman–Crippen LogP) is 3.97. The average molecular weight is 390 g/mol. The number of hydrogen-bond acceptors (Lipinski definition) is 3. The molecule has 4 rings (SSSR count). The molecule has 1 amide bonds. The first-order valence-electron chi connectivity index (χ1n) is 10.1. The van der Waals surface area contributed by atoms with Gasteiger partial charge in [-0.2, -0.15) is 0 Å². The summed E-state index contributed by atoms with van der Waals surface area (Å²) in [6.45, 7) is 5.46. The molecule has 2 aromatic carbocycles. The molecule has 3 aromatic rings. The van der Waals surface area contributed by atoms with Crippen LogP contribution in [0, 0.1) is 13.8 Å². The van der Waals surface area contributed by atoms with Crippen molar-refractivity contribution in [2.75, 3.05) is 13.2 Å². The second kappa shape index (κ2) is 8.21. The molecule has 150 valence electrons. The van der Waals surface area contributed by atoms with Crippen LogP contribution in [0.4, 0.5) is 0 Å². The first-order valence-corrected chi connectivity index (χ1v) is 10.1. The SMILES string of the molecule is Cc1cccc(C(=O)N(Cc2cc3cc(C)ccc3[nH]c2=O)C[C@@H]2CCCO2)c1. The molecule has 1 aromatic heterocycles. The highest BCUT2D eigenvalue weighted by atomic mass is 16.5. The fourth-order valence-electron chi connectivity index (χ4n) is 3.91. The van der Waals surface area contributed by atoms with Crippen molar-refractivity contribution in [2.24, 2.45) is 0 Å². The van der Waals surface area contributed by atoms with Gasteiger partial charge in [-0.3, -0.25) is 9.59 Å². The molecule has 1 atom stereocenters. The van der Waals surface area contributed by atoms with Crippen LogP contribution in [0.1, 0.15) is 39.9 Å². The van der Waals surface area contributed by atoms with Gasteiger partial charge in [-0.1, -0.05) is 29.3 Å². The van der Waals surface area contributed by atoms with Crippen LogP contribution in [0.15, 0.2) is 53.3 Å². The van der Waals surface area contributed by atoms with Gasteiger partial charge in [0, 0.05) is 29.8 Å². The van der Waals surface area contributed by atoms with Gasteiger partial charge in [0.15, 0.2) is 0 Å². The van der Waals surface area contributed by atoms with Crippen LogP contribution in [0.25, 0.3) is 10.9 Å². The predicted molar refractivity (Wildman–Crippen MR) is 114 cm³/mol. The summed E-state index contributed by atoms with van der Waals surface area (Å²) >= 11 is 0. The third-order valence-corrected chi connectivity index (χ3v) is 5.44. The van der Waals surface area contributed by atoms with Crippen LogP contribution in [-0.2, 0) is 11.3 Å². The third-order valence-electron chi connectivity index (χ3n) is 5.44. The number of aromatic nitrogens is 1. The van der Waals surface area contributed by atoms with Crippen LogP contribution >= 0.6 is 0 Å². The molecular weight excluding hydrogens is 364 g/mol. The Hall–Kier alpha value is -2.92. The minimum atomic E-state index is -0.157. The summed E-state index contributed by atoms with van der Waals surface area (Å²) < 4.78 is 5.77. The Labute approximate surface area is 170 Å². The Morgan fingerprint density at radius 3 is 2.72 bits per heavy atom. The summed E-state index contributed by atoms with van der Waals surface area (Å²) in [5.41, 5.74) is 4.03. The Kier molecular flexibility index (Phi) is 5.49. The van der Waals surface area contributed by atoms with Gasteiger partial charge in [0.05, 0.1) is 12.6 Å². The van der Waals surface area contributed by atoms with Crippen LogP contribution in [0.3, 0.4) is 0 Å². The lowest BCUT2D eigenvalue weighted by Crippen LogP contribution is -2.38. The zero-order valence-corrected chi connectivity index (χ0v) is 16.9. The molecule has 0 spiro atoms. The smallest absolute Gasteiger partial charge is 0.254 e. The van der Waals surface area contributed by atoms with Crippen LogP contribution in [-0.4, -0.2) is 35.0 Å². The second-order valence-electron chi connectivity index (χ2n) is 7.90. The minimum absolute atomic E-state index is 0.0190. The largest absolute Gasteiger partial charge is 0.376 e. The first kappa shape index (κ1) is 19.4. The van der Waals surface area contributed by atoms with E-state index in [1.165, 1.54) is 0 Å². The Morgan fingerprint density at radius 2 is 1.97 bits per heavy atom. The molecule has 29 heavy (non-hydrogen) atoms. The number of amides is 1. The lowest BCUT2D eigenvalue weighted by atomic mass is 10.1. The molecule has 1 saturated heterocycles. The fraction of sp³-hybridized carbons (Fsp3) is 0.333. The number of nitrogens with one attached hydrogen (secondary N) is 1. The monoisotopic (exact) mass is 390 g/mol. The van der Waals surface area contributed by atoms with Gasteiger partial charge >= 0.3 is 0 Å². The van der Waals surface area contributed by atoms with E-state index in [9.17, 15) is 9.59 Å². The van der Waals surface area contributed by atoms with Crippen molar-refractivity contribution in [3.05, 3.63) is 81.1 Å². The summed E-state index contributed by atoms with van der Waals surface area (Å²) in [7, 11) is 0. The van der Waals surface area contributed by atoms with Crippen molar-refractivity contribution < 1.29 is 9.53 Å². The standard InChI is InChI=1S/C24H26N2O3/c1-16-5-3-6-18(11-16)24(28)26(15-21-7-4-10-29-21)14-20-13-19-12-17(2)8-9-22(19)25-23(20)27/h3,5-6,8-9,11-13,21H,4,7,10,14-15H2,1-2H3,(H,25,27)/t21-/m0/s1. The zero-order chi connectivity index (χ0) is 20.4. The summed E-state index contributed by atoms with van der Waals surface area (Å²) in [5.74, 6) is -0.0760. The molecule has 1 aliphatic heterocycles. The van der Waals surface area contributed by atoms with Crippen molar-refractivity contribution in [1.29, 1.82) is 0 Å². The first-order chi connectivity index (χ1) is 14.0. The number of rotatable bonds is 5. The maximum absolute atomic E-state index is 13.3. The van der Waals surface area contributed by atoms with E-state index in [0.717, 1.165) is 41.5 Å². The van der Waals surface area contributed by atoms with Crippen LogP contribution in [0.2, 0.25) is 0 Å². The fourth-order valence-corrected chi connectivity index (χ4v) is 3.91. The molecular formula is C24H26N2O3. The van der Waals surface area contributed by atoms with Gasteiger partial charge in [0.25, 0.3) is 11.5 Å². The number of carbonyl (C=O) groups is 1. The molecule has 1 fully saturated rings. The number of aryl methyl sites for hydroxylation is 2. The number of aromatic amines is 1. The maximum Gasteiger partial charge on any atom is 0.254 e. The molecule has 0 radical (unpaired) electrons. The second-order valence-corrected chi connectivity index (χ2v) is 7.90. The molecule has 5 heteroatoms. The van der Waals surface area contributed by atoms with E-state index in [2.05, 4.69) is 4.98 Å². The van der Waals surface area contributed by atoms with Crippen molar-refractivity contribution in [1.82, 2.24) is 9.88 Å². The number of benzene rings is 2. The number of fused-ring (bicyclic) bond motifs is 1. The molecule has 5 nitrogen and oxygen atoms in total. The van der Waals surface area contributed by atoms with Crippen molar-refractivity contribution >= 4 is 16.8 Å². The molecule has 1 N–H and O–H groups in total. The van der Waals surface area contributed by atoms with E-state index in [4.69, 9.17) is 4.74 Å². The van der Waals surface area contributed by atoms with Gasteiger partial charge in [-0.25, -0.2) is 0 Å². The molecule has 0 bridgehead atoms. The molecule has 0 unspecified atom stereocenters. The van der Waals surface area contributed by atoms with Gasteiger partial charge in [-0.15, -0.1) is 0 Å². The number of H-pyrrole nitrogens is 1. The Balaban J connectivity index is 1.67. The molecule has 2 heterocycles. The van der Waals surface area contributed by atoms with E-state index in [0.29, 0.717) is 17.7 Å². The Bertz CT molecular complexity index is 1100. The summed E-state index contributed by atoms with van der Waals surface area (Å²) in [5, 5.41) is 0.972. The summed E-state index contributed by atoms with van der Waals surface area (Å²) in [6, 6.07) is 15.4. The van der Waals surface area contributed by atoms with E-state index in [-0.39, 0.29) is 24.1 Å². The maximum atomic E-state index is 13.3. The van der Waals surface area contributed by atoms with Gasteiger partial charge < -0.3 is 14.6 Å². The normalized spacial score (nSPS) is 16.3.